The number of fused-ring (bicyclic) bond motifs is 2. The number of benzene rings is 3. The predicted molar refractivity (Wildman–Crippen MR) is 129 cm³/mol. The van der Waals surface area contributed by atoms with Crippen molar-refractivity contribution in [2.24, 2.45) is 0 Å². The van der Waals surface area contributed by atoms with E-state index >= 15 is 0 Å². The first-order valence-corrected chi connectivity index (χ1v) is 11.4. The summed E-state index contributed by atoms with van der Waals surface area (Å²) in [6.45, 7) is 4.00. The molecule has 1 atom stereocenters. The van der Waals surface area contributed by atoms with Crippen LogP contribution in [0.25, 0.3) is 10.2 Å². The second-order valence-electron chi connectivity index (χ2n) is 8.17. The first kappa shape index (κ1) is 21.0. The van der Waals surface area contributed by atoms with Gasteiger partial charge in [0.05, 0.1) is 21.3 Å². The maximum atomic E-state index is 13.5. The first-order valence-electron chi connectivity index (χ1n) is 10.6. The first-order chi connectivity index (χ1) is 15.9. The number of hydrogen-bond donors (Lipinski definition) is 1. The van der Waals surface area contributed by atoms with Gasteiger partial charge < -0.3 is 5.32 Å². The second kappa shape index (κ2) is 8.26. The van der Waals surface area contributed by atoms with Crippen LogP contribution in [0.5, 0.6) is 0 Å². The topological polar surface area (TPSA) is 79.4 Å². The SMILES string of the molecule is Cc1cc(C)c2nc(NC(=O)C(Cc3ccccc3)N3C(=O)c4ccccc4C3=O)sc2c1. The summed E-state index contributed by atoms with van der Waals surface area (Å²) < 4.78 is 0.975. The van der Waals surface area contributed by atoms with Gasteiger partial charge in [-0.2, -0.15) is 0 Å². The smallest absolute Gasteiger partial charge is 0.262 e. The van der Waals surface area contributed by atoms with Crippen molar-refractivity contribution in [2.75, 3.05) is 5.32 Å². The maximum absolute atomic E-state index is 13.5. The van der Waals surface area contributed by atoms with Crippen LogP contribution in [-0.4, -0.2) is 33.6 Å². The molecule has 0 bridgehead atoms. The van der Waals surface area contributed by atoms with Gasteiger partial charge in [-0.3, -0.25) is 19.3 Å². The van der Waals surface area contributed by atoms with Crippen molar-refractivity contribution in [3.63, 3.8) is 0 Å². The zero-order chi connectivity index (χ0) is 23.1. The van der Waals surface area contributed by atoms with E-state index in [1.54, 1.807) is 24.3 Å². The standard InChI is InChI=1S/C26H21N3O3S/c1-15-12-16(2)22-21(13-15)33-26(27-22)28-23(30)20(14-17-8-4-3-5-9-17)29-24(31)18-10-6-7-11-19(18)25(29)32/h3-13,20H,14H2,1-2H3,(H,27,28,30). The fourth-order valence-corrected chi connectivity index (χ4v) is 5.29. The number of aromatic nitrogens is 1. The molecule has 6 nitrogen and oxygen atoms in total. The predicted octanol–water partition coefficient (Wildman–Crippen LogP) is 4.76. The highest BCUT2D eigenvalue weighted by molar-refractivity contribution is 7.22. The van der Waals surface area contributed by atoms with Crippen molar-refractivity contribution in [3.05, 3.63) is 94.5 Å². The van der Waals surface area contributed by atoms with Crippen molar-refractivity contribution < 1.29 is 14.4 Å². The Kier molecular flexibility index (Phi) is 5.26. The summed E-state index contributed by atoms with van der Waals surface area (Å²) in [7, 11) is 0. The number of hydrogen-bond acceptors (Lipinski definition) is 5. The summed E-state index contributed by atoms with van der Waals surface area (Å²) >= 11 is 1.38. The Morgan fingerprint density at radius 3 is 2.27 bits per heavy atom. The van der Waals surface area contributed by atoms with Crippen LogP contribution < -0.4 is 5.32 Å². The molecular weight excluding hydrogens is 434 g/mol. The molecule has 0 saturated heterocycles. The van der Waals surface area contributed by atoms with Gasteiger partial charge in [-0.05, 0) is 48.7 Å². The Bertz CT molecular complexity index is 1380. The van der Waals surface area contributed by atoms with Crippen LogP contribution in [0, 0.1) is 13.8 Å². The van der Waals surface area contributed by atoms with Gasteiger partial charge in [-0.15, -0.1) is 0 Å². The Morgan fingerprint density at radius 1 is 0.970 bits per heavy atom. The lowest BCUT2D eigenvalue weighted by molar-refractivity contribution is -0.119. The highest BCUT2D eigenvalue weighted by atomic mass is 32.1. The Morgan fingerprint density at radius 2 is 1.61 bits per heavy atom. The fourth-order valence-electron chi connectivity index (χ4n) is 4.24. The van der Waals surface area contributed by atoms with Gasteiger partial charge in [0.2, 0.25) is 5.91 Å². The van der Waals surface area contributed by atoms with Crippen molar-refractivity contribution in [1.29, 1.82) is 0 Å². The molecule has 5 rings (SSSR count). The number of imide groups is 1. The summed E-state index contributed by atoms with van der Waals surface area (Å²) in [6, 6.07) is 19.1. The second-order valence-corrected chi connectivity index (χ2v) is 9.20. The van der Waals surface area contributed by atoms with E-state index in [1.165, 1.54) is 11.3 Å². The van der Waals surface area contributed by atoms with Gasteiger partial charge in [0.1, 0.15) is 6.04 Å². The number of carbonyl (C=O) groups excluding carboxylic acids is 3. The van der Waals surface area contributed by atoms with Crippen LogP contribution in [0.15, 0.2) is 66.7 Å². The lowest BCUT2D eigenvalue weighted by atomic mass is 10.0. The lowest BCUT2D eigenvalue weighted by Gasteiger charge is -2.25. The largest absolute Gasteiger partial charge is 0.300 e. The van der Waals surface area contributed by atoms with Gasteiger partial charge in [0, 0.05) is 6.42 Å². The number of anilines is 1. The van der Waals surface area contributed by atoms with E-state index in [0.29, 0.717) is 16.3 Å². The number of thiazole rings is 1. The molecule has 1 N–H and O–H groups in total. The summed E-state index contributed by atoms with van der Waals surface area (Å²) in [6.07, 6.45) is 0.209. The number of nitrogens with one attached hydrogen (secondary N) is 1. The third-order valence-corrected chi connectivity index (χ3v) is 6.69. The van der Waals surface area contributed by atoms with E-state index in [2.05, 4.69) is 10.3 Å². The maximum Gasteiger partial charge on any atom is 0.262 e. The molecule has 0 radical (unpaired) electrons. The number of nitrogens with zero attached hydrogens (tertiary/aromatic N) is 2. The molecule has 33 heavy (non-hydrogen) atoms. The Hall–Kier alpha value is -3.84. The Balaban J connectivity index is 1.50. The molecule has 3 aromatic carbocycles. The minimum Gasteiger partial charge on any atom is -0.300 e. The van der Waals surface area contributed by atoms with Crippen LogP contribution in [0.4, 0.5) is 5.13 Å². The molecule has 0 spiro atoms. The summed E-state index contributed by atoms with van der Waals surface area (Å²) in [4.78, 5) is 45.4. The van der Waals surface area contributed by atoms with Crippen LogP contribution >= 0.6 is 11.3 Å². The average molecular weight is 456 g/mol. The molecule has 164 valence electrons. The molecule has 1 unspecified atom stereocenters. The fraction of sp³-hybridized carbons (Fsp3) is 0.154. The highest BCUT2D eigenvalue weighted by Crippen LogP contribution is 2.31. The van der Waals surface area contributed by atoms with Crippen LogP contribution in [0.1, 0.15) is 37.4 Å². The third-order valence-electron chi connectivity index (χ3n) is 5.77. The van der Waals surface area contributed by atoms with Crippen LogP contribution in [0.2, 0.25) is 0 Å². The molecule has 0 saturated carbocycles. The molecule has 0 aliphatic carbocycles. The minimum atomic E-state index is -1.00. The normalized spacial score (nSPS) is 13.9. The van der Waals surface area contributed by atoms with Crippen LogP contribution in [0.3, 0.4) is 0 Å². The monoisotopic (exact) mass is 455 g/mol. The molecule has 1 aromatic heterocycles. The van der Waals surface area contributed by atoms with Gasteiger partial charge >= 0.3 is 0 Å². The van der Waals surface area contributed by atoms with E-state index in [4.69, 9.17) is 0 Å². The minimum absolute atomic E-state index is 0.209. The van der Waals surface area contributed by atoms with Gasteiger partial charge in [-0.1, -0.05) is 59.9 Å². The number of rotatable bonds is 5. The molecule has 3 amide bonds. The van der Waals surface area contributed by atoms with Crippen molar-refractivity contribution in [3.8, 4) is 0 Å². The van der Waals surface area contributed by atoms with E-state index in [-0.39, 0.29) is 6.42 Å². The Labute approximate surface area is 194 Å². The molecule has 4 aromatic rings. The zero-order valence-corrected chi connectivity index (χ0v) is 19.0. The van der Waals surface area contributed by atoms with Crippen LogP contribution in [-0.2, 0) is 11.2 Å². The summed E-state index contributed by atoms with van der Waals surface area (Å²) in [5, 5.41) is 3.31. The molecule has 1 aliphatic rings. The molecule has 7 heteroatoms. The summed E-state index contributed by atoms with van der Waals surface area (Å²) in [5.74, 6) is -1.35. The highest BCUT2D eigenvalue weighted by Gasteiger charge is 2.42. The van der Waals surface area contributed by atoms with E-state index in [1.807, 2.05) is 56.3 Å². The van der Waals surface area contributed by atoms with E-state index in [9.17, 15) is 14.4 Å². The zero-order valence-electron chi connectivity index (χ0n) is 18.2. The third kappa shape index (κ3) is 3.81. The van der Waals surface area contributed by atoms with Crippen molar-refractivity contribution in [2.45, 2.75) is 26.3 Å². The molecule has 0 fully saturated rings. The van der Waals surface area contributed by atoms with E-state index in [0.717, 1.165) is 31.8 Å². The molecule has 2 heterocycles. The quantitative estimate of drug-likeness (QED) is 0.440. The van der Waals surface area contributed by atoms with Gasteiger partial charge in [0.25, 0.3) is 11.8 Å². The molecular formula is C26H21N3O3S. The summed E-state index contributed by atoms with van der Waals surface area (Å²) in [5.41, 5.74) is 4.47. The van der Waals surface area contributed by atoms with E-state index < -0.39 is 23.8 Å². The van der Waals surface area contributed by atoms with Gasteiger partial charge in [0.15, 0.2) is 5.13 Å². The number of amides is 3. The molecule has 1 aliphatic heterocycles. The van der Waals surface area contributed by atoms with Gasteiger partial charge in [-0.25, -0.2) is 4.98 Å². The van der Waals surface area contributed by atoms with Crippen molar-refractivity contribution in [1.82, 2.24) is 9.88 Å². The lowest BCUT2D eigenvalue weighted by Crippen LogP contribution is -2.48. The number of aryl methyl sites for hydroxylation is 2. The van der Waals surface area contributed by atoms with Crippen molar-refractivity contribution >= 4 is 44.4 Å². The number of carbonyl (C=O) groups is 3. The average Bonchev–Trinajstić information content (AvgIpc) is 3.31.